The van der Waals surface area contributed by atoms with Gasteiger partial charge in [-0.05, 0) is 18.8 Å². The zero-order valence-electron chi connectivity index (χ0n) is 8.22. The van der Waals surface area contributed by atoms with Gasteiger partial charge in [0.2, 0.25) is 0 Å². The molecule has 12 heavy (non-hydrogen) atoms. The Bertz CT molecular complexity index is 212. The van der Waals surface area contributed by atoms with Gasteiger partial charge in [0.15, 0.2) is 0 Å². The highest BCUT2D eigenvalue weighted by molar-refractivity contribution is 5.17. The van der Waals surface area contributed by atoms with Crippen molar-refractivity contribution < 1.29 is 5.11 Å². The van der Waals surface area contributed by atoms with E-state index in [0.29, 0.717) is 0 Å². The van der Waals surface area contributed by atoms with E-state index >= 15 is 0 Å². The first-order valence-corrected chi connectivity index (χ1v) is 4.64. The molecule has 1 heteroatoms. The molecule has 0 amide bonds. The standard InChI is InChI=1S/C11H18O/c1-5-11(12)9(2)7-6-8-10(11,3)4/h1,9,12H,6-8H2,2-4H3. The summed E-state index contributed by atoms with van der Waals surface area (Å²) >= 11 is 0. The van der Waals surface area contributed by atoms with E-state index in [4.69, 9.17) is 6.42 Å². The van der Waals surface area contributed by atoms with Crippen molar-refractivity contribution in [3.63, 3.8) is 0 Å². The van der Waals surface area contributed by atoms with Crippen LogP contribution in [0.4, 0.5) is 0 Å². The molecule has 0 aromatic rings. The fraction of sp³-hybridized carbons (Fsp3) is 0.818. The van der Waals surface area contributed by atoms with Crippen LogP contribution in [0.15, 0.2) is 0 Å². The van der Waals surface area contributed by atoms with Crippen molar-refractivity contribution in [1.29, 1.82) is 0 Å². The van der Waals surface area contributed by atoms with Gasteiger partial charge in [0, 0.05) is 5.41 Å². The zero-order valence-corrected chi connectivity index (χ0v) is 8.22. The van der Waals surface area contributed by atoms with E-state index in [-0.39, 0.29) is 11.3 Å². The third-order valence-corrected chi connectivity index (χ3v) is 3.40. The Morgan fingerprint density at radius 2 is 2.08 bits per heavy atom. The van der Waals surface area contributed by atoms with Crippen LogP contribution >= 0.6 is 0 Å². The Kier molecular flexibility index (Phi) is 2.23. The maximum absolute atomic E-state index is 10.2. The van der Waals surface area contributed by atoms with Gasteiger partial charge in [0.1, 0.15) is 5.60 Å². The van der Waals surface area contributed by atoms with Crippen molar-refractivity contribution in [2.75, 3.05) is 0 Å². The van der Waals surface area contributed by atoms with Crippen LogP contribution in [0.5, 0.6) is 0 Å². The lowest BCUT2D eigenvalue weighted by Crippen LogP contribution is -2.51. The summed E-state index contributed by atoms with van der Waals surface area (Å²) in [5.74, 6) is 2.80. The lowest BCUT2D eigenvalue weighted by Gasteiger charge is -2.47. The third kappa shape index (κ3) is 1.15. The summed E-state index contributed by atoms with van der Waals surface area (Å²) in [5, 5.41) is 10.2. The van der Waals surface area contributed by atoms with Crippen LogP contribution in [0.1, 0.15) is 40.0 Å². The largest absolute Gasteiger partial charge is 0.377 e. The topological polar surface area (TPSA) is 20.2 Å². The maximum Gasteiger partial charge on any atom is 0.132 e. The molecule has 0 heterocycles. The van der Waals surface area contributed by atoms with Crippen molar-refractivity contribution >= 4 is 0 Å². The fourth-order valence-electron chi connectivity index (χ4n) is 2.25. The molecule has 1 N–H and O–H groups in total. The lowest BCUT2D eigenvalue weighted by molar-refractivity contribution is -0.0859. The second-order valence-corrected chi connectivity index (χ2v) is 4.59. The monoisotopic (exact) mass is 166 g/mol. The molecule has 0 saturated heterocycles. The zero-order chi connectivity index (χ0) is 9.41. The van der Waals surface area contributed by atoms with Crippen molar-refractivity contribution in [3.8, 4) is 12.3 Å². The SMILES string of the molecule is C#CC1(O)C(C)CCCC1(C)C. The van der Waals surface area contributed by atoms with Crippen molar-refractivity contribution in [3.05, 3.63) is 0 Å². The molecule has 2 atom stereocenters. The lowest BCUT2D eigenvalue weighted by atomic mass is 9.61. The van der Waals surface area contributed by atoms with E-state index in [1.165, 1.54) is 6.42 Å². The Morgan fingerprint density at radius 1 is 1.50 bits per heavy atom. The Hall–Kier alpha value is -0.480. The van der Waals surface area contributed by atoms with Gasteiger partial charge in [-0.3, -0.25) is 0 Å². The minimum atomic E-state index is -0.898. The van der Waals surface area contributed by atoms with E-state index in [1.54, 1.807) is 0 Å². The Labute approximate surface area is 75.2 Å². The highest BCUT2D eigenvalue weighted by Crippen LogP contribution is 2.46. The summed E-state index contributed by atoms with van der Waals surface area (Å²) in [6, 6.07) is 0. The smallest absolute Gasteiger partial charge is 0.132 e. The Balaban J connectivity index is 2.98. The highest BCUT2D eigenvalue weighted by atomic mass is 16.3. The second-order valence-electron chi connectivity index (χ2n) is 4.59. The van der Waals surface area contributed by atoms with E-state index in [0.717, 1.165) is 12.8 Å². The number of hydrogen-bond donors (Lipinski definition) is 1. The number of terminal acetylenes is 1. The molecule has 0 radical (unpaired) electrons. The third-order valence-electron chi connectivity index (χ3n) is 3.40. The van der Waals surface area contributed by atoms with Crippen molar-refractivity contribution in [2.24, 2.45) is 11.3 Å². The molecule has 1 nitrogen and oxygen atoms in total. The quantitative estimate of drug-likeness (QED) is 0.547. The maximum atomic E-state index is 10.2. The van der Waals surface area contributed by atoms with Gasteiger partial charge in [-0.2, -0.15) is 0 Å². The molecule has 1 aliphatic rings. The molecule has 0 aromatic carbocycles. The molecule has 1 rings (SSSR count). The van der Waals surface area contributed by atoms with Gasteiger partial charge in [-0.1, -0.05) is 33.1 Å². The second kappa shape index (κ2) is 2.78. The van der Waals surface area contributed by atoms with Crippen LogP contribution in [0.25, 0.3) is 0 Å². The first kappa shape index (κ1) is 9.61. The summed E-state index contributed by atoms with van der Waals surface area (Å²) in [6.07, 6.45) is 8.65. The molecule has 2 unspecified atom stereocenters. The molecule has 0 bridgehead atoms. The van der Waals surface area contributed by atoms with E-state index in [9.17, 15) is 5.11 Å². The number of aliphatic hydroxyl groups is 1. The van der Waals surface area contributed by atoms with Gasteiger partial charge in [-0.25, -0.2) is 0 Å². The molecular formula is C11H18O. The van der Waals surface area contributed by atoms with Crippen molar-refractivity contribution in [1.82, 2.24) is 0 Å². The molecular weight excluding hydrogens is 148 g/mol. The summed E-state index contributed by atoms with van der Waals surface area (Å²) < 4.78 is 0. The minimum absolute atomic E-state index is 0.126. The first-order valence-electron chi connectivity index (χ1n) is 4.64. The van der Waals surface area contributed by atoms with E-state index in [2.05, 4.69) is 19.8 Å². The van der Waals surface area contributed by atoms with Crippen LogP contribution < -0.4 is 0 Å². The predicted octanol–water partition coefficient (Wildman–Crippen LogP) is 2.20. The molecule has 0 aliphatic heterocycles. The molecule has 68 valence electrons. The van der Waals surface area contributed by atoms with E-state index in [1.807, 2.05) is 6.92 Å². The van der Waals surface area contributed by atoms with Gasteiger partial charge in [0.25, 0.3) is 0 Å². The van der Waals surface area contributed by atoms with Crippen LogP contribution in [-0.2, 0) is 0 Å². The number of hydrogen-bond acceptors (Lipinski definition) is 1. The predicted molar refractivity (Wildman–Crippen MR) is 50.6 cm³/mol. The van der Waals surface area contributed by atoms with Gasteiger partial charge >= 0.3 is 0 Å². The average Bonchev–Trinajstić information content (AvgIpc) is 2.00. The van der Waals surface area contributed by atoms with Crippen molar-refractivity contribution in [2.45, 2.75) is 45.6 Å². The van der Waals surface area contributed by atoms with E-state index < -0.39 is 5.60 Å². The summed E-state index contributed by atoms with van der Waals surface area (Å²) in [7, 11) is 0. The normalized spacial score (nSPS) is 40.4. The van der Waals surface area contributed by atoms with Gasteiger partial charge < -0.3 is 5.11 Å². The van der Waals surface area contributed by atoms with Gasteiger partial charge in [0.05, 0.1) is 0 Å². The minimum Gasteiger partial charge on any atom is -0.377 e. The molecule has 1 saturated carbocycles. The first-order chi connectivity index (χ1) is 5.44. The van der Waals surface area contributed by atoms with Gasteiger partial charge in [-0.15, -0.1) is 6.42 Å². The van der Waals surface area contributed by atoms with Crippen LogP contribution in [0, 0.1) is 23.7 Å². The highest BCUT2D eigenvalue weighted by Gasteiger charge is 2.48. The summed E-state index contributed by atoms with van der Waals surface area (Å²) in [6.45, 7) is 6.16. The Morgan fingerprint density at radius 3 is 2.42 bits per heavy atom. The van der Waals surface area contributed by atoms with Crippen LogP contribution in [-0.4, -0.2) is 10.7 Å². The van der Waals surface area contributed by atoms with Crippen LogP contribution in [0.3, 0.4) is 0 Å². The molecule has 1 fully saturated rings. The summed E-state index contributed by atoms with van der Waals surface area (Å²) in [4.78, 5) is 0. The number of rotatable bonds is 0. The molecule has 1 aliphatic carbocycles. The fourth-order valence-corrected chi connectivity index (χ4v) is 2.25. The molecule has 0 spiro atoms. The average molecular weight is 166 g/mol. The molecule has 0 aromatic heterocycles. The summed E-state index contributed by atoms with van der Waals surface area (Å²) in [5.41, 5.74) is -1.02. The van der Waals surface area contributed by atoms with Crippen LogP contribution in [0.2, 0.25) is 0 Å².